The largest absolute Gasteiger partial charge is 0.390 e. The number of nitrogens with zero attached hydrogens (tertiary/aromatic N) is 3. The first-order valence-electron chi connectivity index (χ1n) is 5.30. The van der Waals surface area contributed by atoms with Crippen LogP contribution in [0.25, 0.3) is 0 Å². The first kappa shape index (κ1) is 12.1. The van der Waals surface area contributed by atoms with Crippen molar-refractivity contribution in [2.45, 2.75) is 33.4 Å². The van der Waals surface area contributed by atoms with Crippen LogP contribution in [0.3, 0.4) is 0 Å². The molecule has 86 valence electrons. The van der Waals surface area contributed by atoms with Gasteiger partial charge in [-0.05, 0) is 12.3 Å². The number of aliphatic hydroxyl groups excluding tert-OH is 1. The zero-order valence-electron chi connectivity index (χ0n) is 9.39. The highest BCUT2D eigenvalue weighted by atomic mass is 16.5. The van der Waals surface area contributed by atoms with Crippen LogP contribution >= 0.6 is 0 Å². The minimum absolute atomic E-state index is 0.0613. The lowest BCUT2D eigenvalue weighted by molar-refractivity contribution is 0.113. The highest BCUT2D eigenvalue weighted by Gasteiger charge is 1.99. The third kappa shape index (κ3) is 4.90. The molecule has 5 heteroatoms. The number of hydrogen-bond acceptors (Lipinski definition) is 4. The molecule has 0 saturated carbocycles. The SMILES string of the molecule is CC(C)CCOCCn1cc(CO)nn1. The Morgan fingerprint density at radius 3 is 2.87 bits per heavy atom. The Kier molecular flexibility index (Phi) is 5.28. The lowest BCUT2D eigenvalue weighted by Gasteiger charge is -2.05. The van der Waals surface area contributed by atoms with E-state index in [0.717, 1.165) is 13.0 Å². The molecule has 0 aliphatic carbocycles. The van der Waals surface area contributed by atoms with E-state index >= 15 is 0 Å². The van der Waals surface area contributed by atoms with Crippen molar-refractivity contribution in [3.8, 4) is 0 Å². The van der Waals surface area contributed by atoms with Gasteiger partial charge in [-0.3, -0.25) is 0 Å². The van der Waals surface area contributed by atoms with E-state index in [0.29, 0.717) is 24.8 Å². The van der Waals surface area contributed by atoms with E-state index in [9.17, 15) is 0 Å². The number of aliphatic hydroxyl groups is 1. The summed E-state index contributed by atoms with van der Waals surface area (Å²) in [5.74, 6) is 0.678. The number of rotatable bonds is 7. The molecule has 0 aliphatic rings. The maximum atomic E-state index is 8.77. The molecule has 1 N–H and O–H groups in total. The molecule has 0 spiro atoms. The van der Waals surface area contributed by atoms with Crippen LogP contribution in [-0.4, -0.2) is 33.3 Å². The maximum absolute atomic E-state index is 8.77. The van der Waals surface area contributed by atoms with Crippen molar-refractivity contribution in [1.82, 2.24) is 15.0 Å². The highest BCUT2D eigenvalue weighted by Crippen LogP contribution is 1.99. The molecule has 0 unspecified atom stereocenters. The van der Waals surface area contributed by atoms with Gasteiger partial charge in [0.1, 0.15) is 5.69 Å². The average molecular weight is 213 g/mol. The van der Waals surface area contributed by atoms with Crippen molar-refractivity contribution >= 4 is 0 Å². The fourth-order valence-corrected chi connectivity index (χ4v) is 1.10. The van der Waals surface area contributed by atoms with Crippen molar-refractivity contribution in [1.29, 1.82) is 0 Å². The highest BCUT2D eigenvalue weighted by molar-refractivity contribution is 4.88. The van der Waals surface area contributed by atoms with Crippen molar-refractivity contribution in [2.75, 3.05) is 13.2 Å². The summed E-state index contributed by atoms with van der Waals surface area (Å²) in [6, 6.07) is 0. The smallest absolute Gasteiger partial charge is 0.108 e. The summed E-state index contributed by atoms with van der Waals surface area (Å²) in [5, 5.41) is 16.4. The van der Waals surface area contributed by atoms with Gasteiger partial charge in [0.2, 0.25) is 0 Å². The zero-order chi connectivity index (χ0) is 11.1. The minimum Gasteiger partial charge on any atom is -0.390 e. The molecule has 0 aliphatic heterocycles. The third-order valence-corrected chi connectivity index (χ3v) is 2.05. The van der Waals surface area contributed by atoms with Gasteiger partial charge in [-0.15, -0.1) is 5.10 Å². The molecule has 1 heterocycles. The van der Waals surface area contributed by atoms with Crippen LogP contribution in [0.4, 0.5) is 0 Å². The molecule has 0 amide bonds. The second kappa shape index (κ2) is 6.53. The van der Waals surface area contributed by atoms with Crippen molar-refractivity contribution in [2.24, 2.45) is 5.92 Å². The second-order valence-corrected chi connectivity index (χ2v) is 3.93. The number of hydrogen-bond donors (Lipinski definition) is 1. The van der Waals surface area contributed by atoms with Gasteiger partial charge in [-0.2, -0.15) is 0 Å². The van der Waals surface area contributed by atoms with E-state index < -0.39 is 0 Å². The van der Waals surface area contributed by atoms with E-state index in [-0.39, 0.29) is 6.61 Å². The van der Waals surface area contributed by atoms with Gasteiger partial charge in [0.05, 0.1) is 26.0 Å². The predicted octanol–water partition coefficient (Wildman–Crippen LogP) is 0.833. The molecule has 0 bridgehead atoms. The molecule has 5 nitrogen and oxygen atoms in total. The van der Waals surface area contributed by atoms with Gasteiger partial charge in [-0.1, -0.05) is 19.1 Å². The first-order valence-corrected chi connectivity index (χ1v) is 5.30. The van der Waals surface area contributed by atoms with Crippen LogP contribution in [0.5, 0.6) is 0 Å². The standard InChI is InChI=1S/C10H19N3O2/c1-9(2)3-5-15-6-4-13-7-10(8-14)11-12-13/h7,9,14H,3-6,8H2,1-2H3. The molecule has 1 aromatic rings. The van der Waals surface area contributed by atoms with E-state index in [1.54, 1.807) is 10.9 Å². The fraction of sp³-hybridized carbons (Fsp3) is 0.800. The Balaban J connectivity index is 2.09. The fourth-order valence-electron chi connectivity index (χ4n) is 1.10. The first-order chi connectivity index (χ1) is 7.22. The van der Waals surface area contributed by atoms with E-state index in [1.807, 2.05) is 0 Å². The predicted molar refractivity (Wildman–Crippen MR) is 56.2 cm³/mol. The third-order valence-electron chi connectivity index (χ3n) is 2.05. The summed E-state index contributed by atoms with van der Waals surface area (Å²) in [7, 11) is 0. The molecule has 1 rings (SSSR count). The number of ether oxygens (including phenoxy) is 1. The van der Waals surface area contributed by atoms with Gasteiger partial charge in [0, 0.05) is 6.61 Å². The van der Waals surface area contributed by atoms with Crippen LogP contribution in [0.2, 0.25) is 0 Å². The van der Waals surface area contributed by atoms with Crippen LogP contribution in [0.1, 0.15) is 26.0 Å². The molecule has 0 saturated heterocycles. The van der Waals surface area contributed by atoms with E-state index in [1.165, 1.54) is 0 Å². The Bertz CT molecular complexity index is 273. The average Bonchev–Trinajstić information content (AvgIpc) is 2.65. The maximum Gasteiger partial charge on any atom is 0.108 e. The minimum atomic E-state index is -0.0613. The van der Waals surface area contributed by atoms with E-state index in [4.69, 9.17) is 9.84 Å². The zero-order valence-corrected chi connectivity index (χ0v) is 9.39. The molecule has 15 heavy (non-hydrogen) atoms. The molecule has 0 radical (unpaired) electrons. The summed E-state index contributed by atoms with van der Waals surface area (Å²) in [6.45, 7) is 6.40. The van der Waals surface area contributed by atoms with Crippen molar-refractivity contribution in [3.05, 3.63) is 11.9 Å². The van der Waals surface area contributed by atoms with Crippen molar-refractivity contribution < 1.29 is 9.84 Å². The Labute approximate surface area is 90.1 Å². The normalized spacial score (nSPS) is 11.2. The number of aromatic nitrogens is 3. The summed E-state index contributed by atoms with van der Waals surface area (Å²) in [6.07, 6.45) is 2.81. The van der Waals surface area contributed by atoms with Crippen molar-refractivity contribution in [3.63, 3.8) is 0 Å². The Hall–Kier alpha value is -0.940. The molecule has 0 atom stereocenters. The van der Waals surface area contributed by atoms with Crippen LogP contribution in [-0.2, 0) is 17.9 Å². The molecular formula is C10H19N3O2. The monoisotopic (exact) mass is 213 g/mol. The van der Waals surface area contributed by atoms with Gasteiger partial charge >= 0.3 is 0 Å². The lowest BCUT2D eigenvalue weighted by atomic mass is 10.1. The Morgan fingerprint density at radius 2 is 2.27 bits per heavy atom. The molecule has 0 fully saturated rings. The Morgan fingerprint density at radius 1 is 1.47 bits per heavy atom. The molecular weight excluding hydrogens is 194 g/mol. The second-order valence-electron chi connectivity index (χ2n) is 3.93. The van der Waals surface area contributed by atoms with Crippen LogP contribution in [0, 0.1) is 5.92 Å². The van der Waals surface area contributed by atoms with E-state index in [2.05, 4.69) is 24.2 Å². The lowest BCUT2D eigenvalue weighted by Crippen LogP contribution is -2.08. The summed E-state index contributed by atoms with van der Waals surface area (Å²) >= 11 is 0. The molecule has 0 aromatic carbocycles. The van der Waals surface area contributed by atoms with Gasteiger partial charge < -0.3 is 9.84 Å². The summed E-state index contributed by atoms with van der Waals surface area (Å²) < 4.78 is 7.12. The topological polar surface area (TPSA) is 60.2 Å². The van der Waals surface area contributed by atoms with Gasteiger partial charge in [0.25, 0.3) is 0 Å². The van der Waals surface area contributed by atoms with Crippen LogP contribution in [0.15, 0.2) is 6.20 Å². The quantitative estimate of drug-likeness (QED) is 0.682. The molecule has 1 aromatic heterocycles. The summed E-state index contributed by atoms with van der Waals surface area (Å²) in [5.41, 5.74) is 0.595. The van der Waals surface area contributed by atoms with Crippen LogP contribution < -0.4 is 0 Å². The summed E-state index contributed by atoms with van der Waals surface area (Å²) in [4.78, 5) is 0. The van der Waals surface area contributed by atoms with Gasteiger partial charge in [0.15, 0.2) is 0 Å². The van der Waals surface area contributed by atoms with Gasteiger partial charge in [-0.25, -0.2) is 4.68 Å².